The number of rotatable bonds is 5. The summed E-state index contributed by atoms with van der Waals surface area (Å²) in [4.78, 5) is 16.7. The number of hydrogen-bond donors (Lipinski definition) is 2. The molecule has 0 fully saturated rings. The minimum atomic E-state index is -0.394. The summed E-state index contributed by atoms with van der Waals surface area (Å²) in [6, 6.07) is 8.33. The Labute approximate surface area is 135 Å². The molecule has 23 heavy (non-hydrogen) atoms. The lowest BCUT2D eigenvalue weighted by molar-refractivity contribution is -0.114. The number of fused-ring (bicyclic) bond motifs is 1. The fraction of sp³-hybridized carbons (Fsp3) is 0.278. The van der Waals surface area contributed by atoms with Crippen molar-refractivity contribution in [3.05, 3.63) is 59.6 Å². The van der Waals surface area contributed by atoms with Gasteiger partial charge in [0, 0.05) is 23.8 Å². The third-order valence-corrected chi connectivity index (χ3v) is 3.77. The van der Waals surface area contributed by atoms with Crippen molar-refractivity contribution < 1.29 is 9.53 Å². The van der Waals surface area contributed by atoms with E-state index in [1.54, 1.807) is 6.08 Å². The minimum Gasteiger partial charge on any atom is -0.476 e. The molecule has 1 aliphatic heterocycles. The van der Waals surface area contributed by atoms with Crippen molar-refractivity contribution in [3.8, 4) is 0 Å². The number of ether oxygens (including phenoxy) is 1. The number of carbonyl (C=O) groups excluding carboxylic acids is 1. The van der Waals surface area contributed by atoms with Gasteiger partial charge in [-0.15, -0.1) is 0 Å². The van der Waals surface area contributed by atoms with E-state index in [9.17, 15) is 4.79 Å². The van der Waals surface area contributed by atoms with Gasteiger partial charge >= 0.3 is 0 Å². The van der Waals surface area contributed by atoms with E-state index in [2.05, 4.69) is 23.2 Å². The van der Waals surface area contributed by atoms with Crippen LogP contribution in [-0.4, -0.2) is 28.4 Å². The third kappa shape index (κ3) is 3.39. The van der Waals surface area contributed by atoms with Gasteiger partial charge in [-0.25, -0.2) is 0 Å². The summed E-state index contributed by atoms with van der Waals surface area (Å²) in [6.07, 6.45) is 5.55. The Bertz CT molecular complexity index is 786. The topological polar surface area (TPSA) is 71.3 Å². The van der Waals surface area contributed by atoms with Crippen LogP contribution in [0.25, 0.3) is 10.9 Å². The summed E-state index contributed by atoms with van der Waals surface area (Å²) in [5.74, 6) is 0.367. The number of hydrogen-bond acceptors (Lipinski definition) is 3. The predicted octanol–water partition coefficient (Wildman–Crippen LogP) is 2.66. The normalized spacial score (nSPS) is 14.8. The van der Waals surface area contributed by atoms with Gasteiger partial charge in [0.1, 0.15) is 0 Å². The smallest absolute Gasteiger partial charge is 0.246 e. The largest absolute Gasteiger partial charge is 0.476 e. The van der Waals surface area contributed by atoms with E-state index in [-0.39, 0.29) is 6.10 Å². The van der Waals surface area contributed by atoms with Gasteiger partial charge in [0.15, 0.2) is 5.88 Å². The van der Waals surface area contributed by atoms with E-state index in [1.807, 2.05) is 37.1 Å². The predicted molar refractivity (Wildman–Crippen MR) is 90.3 cm³/mol. The number of nitrogens with zero attached hydrogens (tertiary/aromatic N) is 1. The van der Waals surface area contributed by atoms with Crippen molar-refractivity contribution in [2.45, 2.75) is 26.5 Å². The SMILES string of the molecule is CC(C)OC1=CC=C(C(N)=O)CN1Cc1ccc2cc[nH]c2c1. The number of allylic oxidation sites excluding steroid dienone is 2. The van der Waals surface area contributed by atoms with Gasteiger partial charge in [0.05, 0.1) is 12.6 Å². The molecule has 0 aliphatic carbocycles. The first kappa shape index (κ1) is 15.2. The van der Waals surface area contributed by atoms with Crippen LogP contribution in [0.2, 0.25) is 0 Å². The van der Waals surface area contributed by atoms with Crippen LogP contribution >= 0.6 is 0 Å². The molecule has 1 aliphatic rings. The monoisotopic (exact) mass is 311 g/mol. The lowest BCUT2D eigenvalue weighted by atomic mass is 10.1. The van der Waals surface area contributed by atoms with Gasteiger partial charge in [0.2, 0.25) is 5.91 Å². The highest BCUT2D eigenvalue weighted by atomic mass is 16.5. The number of H-pyrrole nitrogens is 1. The first-order chi connectivity index (χ1) is 11.0. The molecule has 1 amide bonds. The summed E-state index contributed by atoms with van der Waals surface area (Å²) in [7, 11) is 0. The van der Waals surface area contributed by atoms with Gasteiger partial charge < -0.3 is 20.4 Å². The molecule has 0 unspecified atom stereocenters. The Balaban J connectivity index is 1.84. The van der Waals surface area contributed by atoms with Gasteiger partial charge in [0.25, 0.3) is 0 Å². The van der Waals surface area contributed by atoms with Gasteiger partial charge in [-0.3, -0.25) is 4.79 Å². The van der Waals surface area contributed by atoms with Crippen LogP contribution in [0.15, 0.2) is 54.1 Å². The van der Waals surface area contributed by atoms with E-state index >= 15 is 0 Å². The Morgan fingerprint density at radius 2 is 2.17 bits per heavy atom. The van der Waals surface area contributed by atoms with Crippen LogP contribution in [0.3, 0.4) is 0 Å². The van der Waals surface area contributed by atoms with Gasteiger partial charge in [-0.05, 0) is 49.1 Å². The number of nitrogens with two attached hydrogens (primary N) is 1. The van der Waals surface area contributed by atoms with E-state index < -0.39 is 5.91 Å². The lowest BCUT2D eigenvalue weighted by Gasteiger charge is -2.31. The van der Waals surface area contributed by atoms with Crippen molar-refractivity contribution in [2.24, 2.45) is 5.73 Å². The van der Waals surface area contributed by atoms with Crippen molar-refractivity contribution in [1.82, 2.24) is 9.88 Å². The maximum Gasteiger partial charge on any atom is 0.246 e. The first-order valence-electron chi connectivity index (χ1n) is 7.71. The summed E-state index contributed by atoms with van der Waals surface area (Å²) in [5, 5.41) is 1.18. The second kappa shape index (κ2) is 6.20. The first-order valence-corrected chi connectivity index (χ1v) is 7.71. The fourth-order valence-corrected chi connectivity index (χ4v) is 2.68. The molecule has 0 saturated heterocycles. The maximum absolute atomic E-state index is 11.5. The molecule has 5 heteroatoms. The number of benzene rings is 1. The van der Waals surface area contributed by atoms with Crippen molar-refractivity contribution >= 4 is 16.8 Å². The molecule has 0 saturated carbocycles. The summed E-state index contributed by atoms with van der Waals surface area (Å²) < 4.78 is 5.86. The average Bonchev–Trinajstić information content (AvgIpc) is 2.96. The summed E-state index contributed by atoms with van der Waals surface area (Å²) in [6.45, 7) is 5.07. The van der Waals surface area contributed by atoms with Crippen LogP contribution in [0.1, 0.15) is 19.4 Å². The molecule has 0 spiro atoms. The van der Waals surface area contributed by atoms with Crippen molar-refractivity contribution in [2.75, 3.05) is 6.54 Å². The molecule has 1 aromatic heterocycles. The molecular formula is C18H21N3O2. The van der Waals surface area contributed by atoms with Crippen LogP contribution in [0.5, 0.6) is 0 Å². The number of aromatic nitrogens is 1. The van der Waals surface area contributed by atoms with E-state index in [0.717, 1.165) is 17.0 Å². The molecule has 3 rings (SSSR count). The second-order valence-corrected chi connectivity index (χ2v) is 5.98. The Morgan fingerprint density at radius 1 is 1.35 bits per heavy atom. The highest BCUT2D eigenvalue weighted by Gasteiger charge is 2.20. The maximum atomic E-state index is 11.5. The molecule has 2 heterocycles. The van der Waals surface area contributed by atoms with Crippen molar-refractivity contribution in [1.29, 1.82) is 0 Å². The average molecular weight is 311 g/mol. The number of carbonyl (C=O) groups is 1. The highest BCUT2D eigenvalue weighted by Crippen LogP contribution is 2.22. The van der Waals surface area contributed by atoms with Gasteiger partial charge in [-0.2, -0.15) is 0 Å². The van der Waals surface area contributed by atoms with Crippen LogP contribution in [0.4, 0.5) is 0 Å². The Hall–Kier alpha value is -2.69. The molecule has 5 nitrogen and oxygen atoms in total. The summed E-state index contributed by atoms with van der Waals surface area (Å²) >= 11 is 0. The van der Waals surface area contributed by atoms with E-state index in [1.165, 1.54) is 5.39 Å². The third-order valence-electron chi connectivity index (χ3n) is 3.77. The second-order valence-electron chi connectivity index (χ2n) is 5.98. The lowest BCUT2D eigenvalue weighted by Crippen LogP contribution is -2.33. The molecular weight excluding hydrogens is 290 g/mol. The fourth-order valence-electron chi connectivity index (χ4n) is 2.68. The zero-order chi connectivity index (χ0) is 16.4. The molecule has 2 aromatic rings. The summed E-state index contributed by atoms with van der Waals surface area (Å²) in [5.41, 5.74) is 8.25. The molecule has 0 atom stereocenters. The Kier molecular flexibility index (Phi) is 4.10. The van der Waals surface area contributed by atoms with E-state index in [4.69, 9.17) is 10.5 Å². The molecule has 3 N–H and O–H groups in total. The zero-order valence-electron chi connectivity index (χ0n) is 13.4. The molecule has 0 radical (unpaired) electrons. The zero-order valence-corrected chi connectivity index (χ0v) is 13.4. The standard InChI is InChI=1S/C18H21N3O2/c1-12(2)23-17-6-5-15(18(19)22)11-21(17)10-13-3-4-14-7-8-20-16(14)9-13/h3-9,12,20H,10-11H2,1-2H3,(H2,19,22). The number of nitrogens with one attached hydrogen (secondary N) is 1. The number of aromatic amines is 1. The van der Waals surface area contributed by atoms with E-state index in [0.29, 0.717) is 18.7 Å². The van der Waals surface area contributed by atoms with Crippen LogP contribution in [-0.2, 0) is 16.1 Å². The molecule has 0 bridgehead atoms. The number of primary amides is 1. The quantitative estimate of drug-likeness (QED) is 0.892. The van der Waals surface area contributed by atoms with Gasteiger partial charge in [-0.1, -0.05) is 12.1 Å². The highest BCUT2D eigenvalue weighted by molar-refractivity contribution is 5.93. The van der Waals surface area contributed by atoms with Crippen molar-refractivity contribution in [3.63, 3.8) is 0 Å². The molecule has 1 aromatic carbocycles. The molecule has 120 valence electrons. The number of amides is 1. The Morgan fingerprint density at radius 3 is 2.91 bits per heavy atom. The minimum absolute atomic E-state index is 0.0677. The van der Waals surface area contributed by atoms with Crippen LogP contribution in [0, 0.1) is 0 Å². The van der Waals surface area contributed by atoms with Crippen LogP contribution < -0.4 is 5.73 Å².